The number of ether oxygens (including phenoxy) is 1. The SMILES string of the molecule is CC(=O)c1cc([N+](=O)[O-])cc2[nH]c(C3O[C@H](CO)[C@@H](O)[C@H]3O)c(C(C)=O)c12. The van der Waals surface area contributed by atoms with Crippen molar-refractivity contribution < 1.29 is 34.6 Å². The summed E-state index contributed by atoms with van der Waals surface area (Å²) in [4.78, 5) is 37.7. The van der Waals surface area contributed by atoms with E-state index >= 15 is 0 Å². The Kier molecular flexibility index (Phi) is 4.82. The van der Waals surface area contributed by atoms with Crippen LogP contribution in [0.25, 0.3) is 10.9 Å². The van der Waals surface area contributed by atoms with E-state index in [-0.39, 0.29) is 33.4 Å². The minimum atomic E-state index is -1.44. The maximum absolute atomic E-state index is 12.3. The molecule has 1 fully saturated rings. The van der Waals surface area contributed by atoms with Crippen molar-refractivity contribution in [2.24, 2.45) is 0 Å². The molecule has 1 unspecified atom stereocenters. The van der Waals surface area contributed by atoms with Crippen LogP contribution in [0, 0.1) is 10.1 Å². The molecule has 1 aromatic heterocycles. The molecule has 2 aromatic rings. The van der Waals surface area contributed by atoms with Crippen molar-refractivity contribution in [3.05, 3.63) is 39.1 Å². The first-order chi connectivity index (χ1) is 12.7. The van der Waals surface area contributed by atoms with E-state index in [4.69, 9.17) is 4.74 Å². The molecule has 0 spiro atoms. The van der Waals surface area contributed by atoms with Gasteiger partial charge >= 0.3 is 0 Å². The maximum atomic E-state index is 12.3. The van der Waals surface area contributed by atoms with Gasteiger partial charge in [-0.3, -0.25) is 19.7 Å². The summed E-state index contributed by atoms with van der Waals surface area (Å²) in [5.74, 6) is -0.928. The summed E-state index contributed by atoms with van der Waals surface area (Å²) < 4.78 is 5.47. The van der Waals surface area contributed by atoms with Crippen molar-refractivity contribution in [3.8, 4) is 0 Å². The highest BCUT2D eigenvalue weighted by atomic mass is 16.6. The van der Waals surface area contributed by atoms with Gasteiger partial charge in [-0.15, -0.1) is 0 Å². The average Bonchev–Trinajstić information content (AvgIpc) is 3.12. The standard InChI is InChI=1S/C17H18N2O8/c1-6(21)9-3-8(19(25)26)4-10-13(9)12(7(2)22)14(18-10)17-16(24)15(23)11(5-20)27-17/h3-4,11,15-18,20,23-24H,5H2,1-2H3/t11-,15-,16-,17?/m1/s1. The van der Waals surface area contributed by atoms with Gasteiger partial charge in [0.25, 0.3) is 5.69 Å². The molecule has 0 radical (unpaired) electrons. The van der Waals surface area contributed by atoms with E-state index in [0.717, 1.165) is 6.07 Å². The molecule has 1 saturated heterocycles. The van der Waals surface area contributed by atoms with E-state index in [1.165, 1.54) is 19.9 Å². The lowest BCUT2D eigenvalue weighted by Gasteiger charge is -2.15. The smallest absolute Gasteiger partial charge is 0.272 e. The van der Waals surface area contributed by atoms with Crippen LogP contribution in [0.15, 0.2) is 12.1 Å². The van der Waals surface area contributed by atoms with Gasteiger partial charge in [0.1, 0.15) is 24.4 Å². The molecule has 0 aliphatic carbocycles. The number of nitro benzene ring substituents is 1. The van der Waals surface area contributed by atoms with Crippen LogP contribution in [0.2, 0.25) is 0 Å². The summed E-state index contributed by atoms with van der Waals surface area (Å²) in [6.45, 7) is 1.93. The Balaban J connectivity index is 2.30. The van der Waals surface area contributed by atoms with E-state index < -0.39 is 47.5 Å². The molecular weight excluding hydrogens is 360 g/mol. The number of aromatic nitrogens is 1. The molecule has 4 N–H and O–H groups in total. The number of aromatic amines is 1. The maximum Gasteiger partial charge on any atom is 0.272 e. The van der Waals surface area contributed by atoms with Gasteiger partial charge in [0.05, 0.1) is 22.7 Å². The summed E-state index contributed by atoms with van der Waals surface area (Å²) in [5.41, 5.74) is -0.0642. The van der Waals surface area contributed by atoms with Crippen LogP contribution < -0.4 is 0 Å². The fraction of sp³-hybridized carbons (Fsp3) is 0.412. The molecule has 144 valence electrons. The molecule has 0 saturated carbocycles. The number of nitrogens with zero attached hydrogens (tertiary/aromatic N) is 1. The van der Waals surface area contributed by atoms with Crippen LogP contribution in [0.4, 0.5) is 5.69 Å². The molecular formula is C17H18N2O8. The lowest BCUT2D eigenvalue weighted by atomic mass is 9.96. The number of Topliss-reactive ketones (excluding diaryl/α,β-unsaturated/α-hetero) is 2. The second kappa shape index (κ2) is 6.82. The quantitative estimate of drug-likeness (QED) is 0.334. The van der Waals surface area contributed by atoms with E-state index in [1.807, 2.05) is 0 Å². The predicted octanol–water partition coefficient (Wildman–Crippen LogP) is 0.635. The zero-order chi connectivity index (χ0) is 20.0. The number of benzene rings is 1. The molecule has 0 bridgehead atoms. The molecule has 1 aromatic carbocycles. The number of carbonyl (C=O) groups is 2. The number of aliphatic hydroxyl groups is 3. The number of H-pyrrole nitrogens is 1. The lowest BCUT2D eigenvalue weighted by molar-refractivity contribution is -0.384. The Morgan fingerprint density at radius 2 is 1.89 bits per heavy atom. The summed E-state index contributed by atoms with van der Waals surface area (Å²) in [6, 6.07) is 2.27. The molecule has 2 heterocycles. The number of hydrogen-bond acceptors (Lipinski definition) is 8. The first kappa shape index (κ1) is 19.1. The monoisotopic (exact) mass is 378 g/mol. The van der Waals surface area contributed by atoms with Gasteiger partial charge in [0, 0.05) is 28.6 Å². The normalized spacial score (nSPS) is 25.1. The minimum absolute atomic E-state index is 0.0151. The van der Waals surface area contributed by atoms with Crippen molar-refractivity contribution in [3.63, 3.8) is 0 Å². The van der Waals surface area contributed by atoms with E-state index in [0.29, 0.717) is 0 Å². The number of ketones is 2. The number of rotatable bonds is 5. The molecule has 0 amide bonds. The topological polar surface area (TPSA) is 163 Å². The molecule has 1 aliphatic rings. The van der Waals surface area contributed by atoms with Crippen LogP contribution in [0.1, 0.15) is 46.4 Å². The molecule has 4 atom stereocenters. The summed E-state index contributed by atoms with van der Waals surface area (Å²) >= 11 is 0. The number of nitrogens with one attached hydrogen (secondary N) is 1. The fourth-order valence-electron chi connectivity index (χ4n) is 3.44. The molecule has 10 nitrogen and oxygen atoms in total. The Bertz CT molecular complexity index is 950. The van der Waals surface area contributed by atoms with Crippen LogP contribution >= 0.6 is 0 Å². The van der Waals surface area contributed by atoms with E-state index in [2.05, 4.69) is 4.98 Å². The zero-order valence-corrected chi connectivity index (χ0v) is 14.5. The largest absolute Gasteiger partial charge is 0.394 e. The van der Waals surface area contributed by atoms with Gasteiger partial charge < -0.3 is 25.0 Å². The predicted molar refractivity (Wildman–Crippen MR) is 91.7 cm³/mol. The summed E-state index contributed by atoms with van der Waals surface area (Å²) in [6.07, 6.45) is -5.06. The van der Waals surface area contributed by atoms with Crippen molar-refractivity contribution >= 4 is 28.2 Å². The molecule has 27 heavy (non-hydrogen) atoms. The van der Waals surface area contributed by atoms with Crippen molar-refractivity contribution in [2.75, 3.05) is 6.61 Å². The number of hydrogen-bond donors (Lipinski definition) is 4. The van der Waals surface area contributed by atoms with Gasteiger partial charge in [-0.2, -0.15) is 0 Å². The fourth-order valence-corrected chi connectivity index (χ4v) is 3.44. The highest BCUT2D eigenvalue weighted by molar-refractivity contribution is 6.17. The van der Waals surface area contributed by atoms with Gasteiger partial charge in [0.2, 0.25) is 0 Å². The summed E-state index contributed by atoms with van der Waals surface area (Å²) in [7, 11) is 0. The number of nitro groups is 1. The Morgan fingerprint density at radius 3 is 2.37 bits per heavy atom. The van der Waals surface area contributed by atoms with Gasteiger partial charge in [-0.1, -0.05) is 0 Å². The molecule has 1 aliphatic heterocycles. The van der Waals surface area contributed by atoms with E-state index in [9.17, 15) is 35.0 Å². The second-order valence-corrected chi connectivity index (χ2v) is 6.46. The number of non-ortho nitro benzene ring substituents is 1. The van der Waals surface area contributed by atoms with Crippen LogP contribution in [0.3, 0.4) is 0 Å². The average molecular weight is 378 g/mol. The third kappa shape index (κ3) is 3.02. The van der Waals surface area contributed by atoms with Gasteiger partial charge in [-0.25, -0.2) is 0 Å². The number of fused-ring (bicyclic) bond motifs is 1. The number of carbonyl (C=O) groups excluding carboxylic acids is 2. The van der Waals surface area contributed by atoms with Crippen LogP contribution in [-0.4, -0.2) is 61.7 Å². The Labute approximate surface area is 152 Å². The number of aliphatic hydroxyl groups excluding tert-OH is 3. The second-order valence-electron chi connectivity index (χ2n) is 6.46. The van der Waals surface area contributed by atoms with Crippen molar-refractivity contribution in [2.45, 2.75) is 38.3 Å². The highest BCUT2D eigenvalue weighted by Gasteiger charge is 2.45. The Morgan fingerprint density at radius 1 is 1.22 bits per heavy atom. The van der Waals surface area contributed by atoms with Crippen molar-refractivity contribution in [1.82, 2.24) is 4.98 Å². The lowest BCUT2D eigenvalue weighted by Crippen LogP contribution is -2.32. The van der Waals surface area contributed by atoms with Crippen molar-refractivity contribution in [1.29, 1.82) is 0 Å². The van der Waals surface area contributed by atoms with Crippen LogP contribution in [-0.2, 0) is 4.74 Å². The third-order valence-corrected chi connectivity index (χ3v) is 4.68. The molecule has 10 heteroatoms. The van der Waals surface area contributed by atoms with E-state index in [1.54, 1.807) is 0 Å². The highest BCUT2D eigenvalue weighted by Crippen LogP contribution is 2.39. The molecule has 3 rings (SSSR count). The van der Waals surface area contributed by atoms with Gasteiger partial charge in [-0.05, 0) is 13.8 Å². The first-order valence-electron chi connectivity index (χ1n) is 8.15. The minimum Gasteiger partial charge on any atom is -0.394 e. The van der Waals surface area contributed by atoms with Crippen LogP contribution in [0.5, 0.6) is 0 Å². The summed E-state index contributed by atoms with van der Waals surface area (Å²) in [5, 5.41) is 40.9. The third-order valence-electron chi connectivity index (χ3n) is 4.68. The Hall–Kier alpha value is -2.66. The first-order valence-corrected chi connectivity index (χ1v) is 8.15. The zero-order valence-electron chi connectivity index (χ0n) is 14.5. The van der Waals surface area contributed by atoms with Gasteiger partial charge in [0.15, 0.2) is 11.6 Å².